The summed E-state index contributed by atoms with van der Waals surface area (Å²) >= 11 is 0. The van der Waals surface area contributed by atoms with Gasteiger partial charge in [-0.3, -0.25) is 0 Å². The van der Waals surface area contributed by atoms with Gasteiger partial charge < -0.3 is 9.47 Å². The number of carbonyl (C=O) groups is 1. The molecule has 0 unspecified atom stereocenters. The molecule has 0 aromatic carbocycles. The highest BCUT2D eigenvalue weighted by Crippen LogP contribution is 2.22. The molecule has 2 heterocycles. The number of nitrogens with zero attached hydrogens (tertiary/aromatic N) is 2. The summed E-state index contributed by atoms with van der Waals surface area (Å²) in [6.45, 7) is 1.43. The number of hydrogen-bond acceptors (Lipinski definition) is 4. The molecule has 0 atom stereocenters. The monoisotopic (exact) mass is 182 g/mol. The summed E-state index contributed by atoms with van der Waals surface area (Å²) < 4.78 is 11.6. The molecule has 5 nitrogen and oxygen atoms in total. The van der Waals surface area contributed by atoms with Gasteiger partial charge in [0.1, 0.15) is 5.56 Å². The minimum Gasteiger partial charge on any atom is -0.477 e. The third-order valence-corrected chi connectivity index (χ3v) is 1.95. The first-order chi connectivity index (χ1) is 6.33. The first kappa shape index (κ1) is 8.10. The van der Waals surface area contributed by atoms with Gasteiger partial charge >= 0.3 is 5.97 Å². The average Bonchev–Trinajstić information content (AvgIpc) is 2.60. The largest absolute Gasteiger partial charge is 0.477 e. The Bertz CT molecular complexity index is 332. The Hall–Kier alpha value is -1.52. The van der Waals surface area contributed by atoms with Crippen molar-refractivity contribution in [1.29, 1.82) is 0 Å². The van der Waals surface area contributed by atoms with E-state index >= 15 is 0 Å². The van der Waals surface area contributed by atoms with Gasteiger partial charge in [-0.1, -0.05) is 0 Å². The van der Waals surface area contributed by atoms with Crippen LogP contribution in [0.4, 0.5) is 0 Å². The van der Waals surface area contributed by atoms with Crippen molar-refractivity contribution in [3.63, 3.8) is 0 Å². The molecule has 0 N–H and O–H groups in total. The number of fused-ring (bicyclic) bond motifs is 1. The molecule has 1 aromatic rings. The lowest BCUT2D eigenvalue weighted by atomic mass is 10.3. The second-order valence-electron chi connectivity index (χ2n) is 2.78. The van der Waals surface area contributed by atoms with E-state index in [2.05, 4.69) is 9.84 Å². The molecule has 13 heavy (non-hydrogen) atoms. The standard InChI is InChI=1S/C8H10N2O3/c1-12-8(11)6-5-9-10-3-2-4-13-7(6)10/h5H,2-4H2,1H3. The topological polar surface area (TPSA) is 53.3 Å². The highest BCUT2D eigenvalue weighted by atomic mass is 16.5. The molecule has 1 aromatic heterocycles. The van der Waals surface area contributed by atoms with Crippen LogP contribution >= 0.6 is 0 Å². The van der Waals surface area contributed by atoms with E-state index in [1.807, 2.05) is 0 Å². The van der Waals surface area contributed by atoms with Crippen LogP contribution in [-0.4, -0.2) is 29.5 Å². The van der Waals surface area contributed by atoms with Gasteiger partial charge in [-0.25, -0.2) is 9.48 Å². The van der Waals surface area contributed by atoms with Crippen LogP contribution in [-0.2, 0) is 11.3 Å². The number of rotatable bonds is 1. The molecule has 70 valence electrons. The van der Waals surface area contributed by atoms with Gasteiger partial charge in [0.05, 0.1) is 19.9 Å². The van der Waals surface area contributed by atoms with Crippen LogP contribution in [0.15, 0.2) is 6.20 Å². The third-order valence-electron chi connectivity index (χ3n) is 1.95. The Morgan fingerprint density at radius 1 is 1.77 bits per heavy atom. The Kier molecular flexibility index (Phi) is 1.92. The molecule has 0 amide bonds. The summed E-state index contributed by atoms with van der Waals surface area (Å²) in [5.41, 5.74) is 0.405. The summed E-state index contributed by atoms with van der Waals surface area (Å²) in [7, 11) is 1.34. The van der Waals surface area contributed by atoms with E-state index in [-0.39, 0.29) is 0 Å². The van der Waals surface area contributed by atoms with Gasteiger partial charge in [0.25, 0.3) is 0 Å². The summed E-state index contributed by atoms with van der Waals surface area (Å²) in [6, 6.07) is 0. The van der Waals surface area contributed by atoms with Gasteiger partial charge in [-0.15, -0.1) is 0 Å². The fourth-order valence-electron chi connectivity index (χ4n) is 1.32. The predicted octanol–water partition coefficient (Wildman–Crippen LogP) is 0.452. The molecule has 0 spiro atoms. The van der Waals surface area contributed by atoms with E-state index in [0.717, 1.165) is 13.0 Å². The van der Waals surface area contributed by atoms with Crippen molar-refractivity contribution in [3.05, 3.63) is 11.8 Å². The van der Waals surface area contributed by atoms with Crippen LogP contribution in [0.5, 0.6) is 5.88 Å². The second-order valence-corrected chi connectivity index (χ2v) is 2.78. The lowest BCUT2D eigenvalue weighted by Crippen LogP contribution is -2.16. The zero-order valence-corrected chi connectivity index (χ0v) is 7.32. The number of esters is 1. The van der Waals surface area contributed by atoms with Crippen molar-refractivity contribution in [2.24, 2.45) is 0 Å². The van der Waals surface area contributed by atoms with E-state index in [0.29, 0.717) is 18.1 Å². The zero-order valence-electron chi connectivity index (χ0n) is 7.32. The predicted molar refractivity (Wildman–Crippen MR) is 43.7 cm³/mol. The average molecular weight is 182 g/mol. The molecular weight excluding hydrogens is 172 g/mol. The molecule has 1 aliphatic rings. The smallest absolute Gasteiger partial charge is 0.345 e. The van der Waals surface area contributed by atoms with Crippen molar-refractivity contribution < 1.29 is 14.3 Å². The molecule has 2 rings (SSSR count). The molecule has 0 radical (unpaired) electrons. The van der Waals surface area contributed by atoms with E-state index < -0.39 is 5.97 Å². The number of aryl methyl sites for hydroxylation is 1. The SMILES string of the molecule is COC(=O)c1cnn2c1OCCC2. The Morgan fingerprint density at radius 2 is 2.62 bits per heavy atom. The lowest BCUT2D eigenvalue weighted by molar-refractivity contribution is 0.0593. The van der Waals surface area contributed by atoms with Gasteiger partial charge in [-0.2, -0.15) is 5.10 Å². The Balaban J connectivity index is 2.36. The number of ether oxygens (including phenoxy) is 2. The van der Waals surface area contributed by atoms with Crippen LogP contribution in [0.1, 0.15) is 16.8 Å². The lowest BCUT2D eigenvalue weighted by Gasteiger charge is -2.15. The number of hydrogen-bond donors (Lipinski definition) is 0. The first-order valence-electron chi connectivity index (χ1n) is 4.10. The summed E-state index contributed by atoms with van der Waals surface area (Å²) in [5, 5.41) is 4.02. The molecule has 0 saturated heterocycles. The molecule has 0 aliphatic carbocycles. The fourth-order valence-corrected chi connectivity index (χ4v) is 1.32. The van der Waals surface area contributed by atoms with E-state index in [1.54, 1.807) is 4.68 Å². The normalized spacial score (nSPS) is 14.5. The van der Waals surface area contributed by atoms with Crippen LogP contribution in [0.2, 0.25) is 0 Å². The third kappa shape index (κ3) is 1.26. The van der Waals surface area contributed by atoms with Gasteiger partial charge in [0.15, 0.2) is 0 Å². The van der Waals surface area contributed by atoms with Crippen molar-refractivity contribution >= 4 is 5.97 Å². The van der Waals surface area contributed by atoms with Gasteiger partial charge in [0.2, 0.25) is 5.88 Å². The van der Waals surface area contributed by atoms with Crippen LogP contribution < -0.4 is 4.74 Å². The minimum absolute atomic E-state index is 0.400. The van der Waals surface area contributed by atoms with Crippen LogP contribution in [0, 0.1) is 0 Å². The number of methoxy groups -OCH3 is 1. The van der Waals surface area contributed by atoms with Crippen molar-refractivity contribution in [1.82, 2.24) is 9.78 Å². The maximum atomic E-state index is 11.2. The number of carbonyl (C=O) groups excluding carboxylic acids is 1. The summed E-state index contributed by atoms with van der Waals surface area (Å²) in [6.07, 6.45) is 2.40. The second kappa shape index (κ2) is 3.08. The maximum absolute atomic E-state index is 11.2. The Labute approximate surface area is 75.2 Å². The highest BCUT2D eigenvalue weighted by molar-refractivity contribution is 5.91. The molecule has 0 bridgehead atoms. The highest BCUT2D eigenvalue weighted by Gasteiger charge is 2.21. The van der Waals surface area contributed by atoms with Crippen molar-refractivity contribution in [3.8, 4) is 5.88 Å². The minimum atomic E-state index is -0.400. The fraction of sp³-hybridized carbons (Fsp3) is 0.500. The van der Waals surface area contributed by atoms with Crippen molar-refractivity contribution in [2.75, 3.05) is 13.7 Å². The van der Waals surface area contributed by atoms with Gasteiger partial charge in [-0.05, 0) is 0 Å². The molecular formula is C8H10N2O3. The summed E-state index contributed by atoms with van der Waals surface area (Å²) in [5.74, 6) is 0.126. The quantitative estimate of drug-likeness (QED) is 0.592. The van der Waals surface area contributed by atoms with E-state index in [9.17, 15) is 4.79 Å². The maximum Gasteiger partial charge on any atom is 0.345 e. The molecule has 0 saturated carbocycles. The van der Waals surface area contributed by atoms with E-state index in [4.69, 9.17) is 4.74 Å². The molecule has 1 aliphatic heterocycles. The molecule has 5 heteroatoms. The van der Waals surface area contributed by atoms with Crippen LogP contribution in [0.3, 0.4) is 0 Å². The van der Waals surface area contributed by atoms with Gasteiger partial charge in [0, 0.05) is 13.0 Å². The first-order valence-corrected chi connectivity index (χ1v) is 4.10. The van der Waals surface area contributed by atoms with Crippen molar-refractivity contribution in [2.45, 2.75) is 13.0 Å². The zero-order chi connectivity index (χ0) is 9.26. The molecule has 0 fully saturated rings. The van der Waals surface area contributed by atoms with Crippen LogP contribution in [0.25, 0.3) is 0 Å². The summed E-state index contributed by atoms with van der Waals surface area (Å²) in [4.78, 5) is 11.2. The number of aromatic nitrogens is 2. The van der Waals surface area contributed by atoms with E-state index in [1.165, 1.54) is 13.3 Å². The Morgan fingerprint density at radius 3 is 3.38 bits per heavy atom.